The number of hydrogen-bond donors (Lipinski definition) is 2. The van der Waals surface area contributed by atoms with Gasteiger partial charge in [-0.2, -0.15) is 0 Å². The highest BCUT2D eigenvalue weighted by atomic mass is 35.5. The first-order valence-electron chi connectivity index (χ1n) is 10.1. The number of amides is 3. The number of urea groups is 1. The van der Waals surface area contributed by atoms with Crippen LogP contribution in [0.1, 0.15) is 52.6 Å². The molecule has 164 valence electrons. The van der Waals surface area contributed by atoms with Gasteiger partial charge in [0.25, 0.3) is 0 Å². The van der Waals surface area contributed by atoms with Crippen LogP contribution in [0.5, 0.6) is 0 Å². The molecule has 1 aromatic rings. The first-order valence-corrected chi connectivity index (χ1v) is 10.6. The van der Waals surface area contributed by atoms with Crippen LogP contribution in [0.2, 0.25) is 0 Å². The van der Waals surface area contributed by atoms with Gasteiger partial charge in [-0.25, -0.2) is 9.59 Å². The van der Waals surface area contributed by atoms with Crippen LogP contribution >= 0.6 is 11.6 Å². The Morgan fingerprint density at radius 1 is 1.23 bits per heavy atom. The van der Waals surface area contributed by atoms with Crippen molar-refractivity contribution in [2.24, 2.45) is 5.41 Å². The second-order valence-electron chi connectivity index (χ2n) is 7.85. The average molecular weight is 436 g/mol. The molecule has 0 aromatic heterocycles. The van der Waals surface area contributed by atoms with E-state index in [-0.39, 0.29) is 24.4 Å². The van der Waals surface area contributed by atoms with E-state index in [9.17, 15) is 14.4 Å². The highest BCUT2D eigenvalue weighted by Crippen LogP contribution is 2.32. The minimum Gasteiger partial charge on any atom is -0.463 e. The zero-order valence-electron chi connectivity index (χ0n) is 18.2. The molecule has 1 aromatic carbocycles. The Balaban J connectivity index is 2.35. The molecule has 8 heteroatoms. The topological polar surface area (TPSA) is 87.7 Å². The smallest absolute Gasteiger partial charge is 0.338 e. The van der Waals surface area contributed by atoms with Crippen LogP contribution in [-0.2, 0) is 14.3 Å². The molecule has 1 aliphatic rings. The molecular formula is C22H30ClN3O4. The largest absolute Gasteiger partial charge is 0.463 e. The molecule has 2 N–H and O–H groups in total. The maximum Gasteiger partial charge on any atom is 0.338 e. The van der Waals surface area contributed by atoms with Gasteiger partial charge in [0.15, 0.2) is 0 Å². The number of nitrogens with one attached hydrogen (secondary N) is 2. The van der Waals surface area contributed by atoms with E-state index < -0.39 is 17.4 Å². The molecule has 0 saturated carbocycles. The zero-order chi connectivity index (χ0) is 22.5. The number of alkyl halides is 1. The number of benzene rings is 1. The van der Waals surface area contributed by atoms with E-state index in [2.05, 4.69) is 10.6 Å². The van der Waals surface area contributed by atoms with Gasteiger partial charge in [0.1, 0.15) is 0 Å². The van der Waals surface area contributed by atoms with E-state index in [1.165, 1.54) is 0 Å². The molecule has 3 amide bonds. The molecule has 0 spiro atoms. The van der Waals surface area contributed by atoms with E-state index in [0.29, 0.717) is 23.5 Å². The van der Waals surface area contributed by atoms with Gasteiger partial charge in [-0.05, 0) is 51.8 Å². The van der Waals surface area contributed by atoms with Crippen molar-refractivity contribution in [1.82, 2.24) is 10.2 Å². The Kier molecular flexibility index (Phi) is 7.89. The van der Waals surface area contributed by atoms with Gasteiger partial charge in [-0.1, -0.05) is 19.1 Å². The first kappa shape index (κ1) is 23.7. The number of ether oxygens (including phenoxy) is 1. The Morgan fingerprint density at radius 2 is 1.87 bits per heavy atom. The number of carbonyl (C=O) groups excluding carboxylic acids is 3. The van der Waals surface area contributed by atoms with Gasteiger partial charge in [-0.15, -0.1) is 11.6 Å². The summed E-state index contributed by atoms with van der Waals surface area (Å²) in [6.45, 7) is 9.75. The minimum absolute atomic E-state index is 0.186. The normalized spacial score (nSPS) is 16.9. The number of allylic oxidation sites excluding steroid dienone is 1. The Bertz CT molecular complexity index is 833. The lowest BCUT2D eigenvalue weighted by Gasteiger charge is -2.35. The van der Waals surface area contributed by atoms with E-state index in [0.717, 1.165) is 12.0 Å². The second kappa shape index (κ2) is 9.98. The fourth-order valence-electron chi connectivity index (χ4n) is 3.12. The Morgan fingerprint density at radius 3 is 2.40 bits per heavy atom. The highest BCUT2D eigenvalue weighted by molar-refractivity contribution is 6.20. The summed E-state index contributed by atoms with van der Waals surface area (Å²) in [7, 11) is 0. The van der Waals surface area contributed by atoms with Crippen LogP contribution in [0.25, 0.3) is 0 Å². The lowest BCUT2D eigenvalue weighted by Crippen LogP contribution is -2.48. The monoisotopic (exact) mass is 435 g/mol. The fraction of sp³-hybridized carbons (Fsp3) is 0.500. The van der Waals surface area contributed by atoms with Crippen molar-refractivity contribution in [2.45, 2.75) is 47.1 Å². The predicted octanol–water partition coefficient (Wildman–Crippen LogP) is 4.20. The van der Waals surface area contributed by atoms with Crippen molar-refractivity contribution in [1.29, 1.82) is 0 Å². The van der Waals surface area contributed by atoms with Crippen LogP contribution in [0.3, 0.4) is 0 Å². The summed E-state index contributed by atoms with van der Waals surface area (Å²) < 4.78 is 5.25. The van der Waals surface area contributed by atoms with Crippen molar-refractivity contribution in [3.8, 4) is 0 Å². The molecule has 7 nitrogen and oxygen atoms in total. The van der Waals surface area contributed by atoms with E-state index in [1.807, 2.05) is 6.92 Å². The second-order valence-corrected chi connectivity index (χ2v) is 8.11. The molecule has 1 atom stereocenters. The van der Waals surface area contributed by atoms with Gasteiger partial charge < -0.3 is 15.4 Å². The number of anilines is 1. The molecule has 0 saturated heterocycles. The van der Waals surface area contributed by atoms with Gasteiger partial charge in [0.05, 0.1) is 23.6 Å². The quantitative estimate of drug-likeness (QED) is 0.473. The van der Waals surface area contributed by atoms with Gasteiger partial charge in [0.2, 0.25) is 5.91 Å². The number of rotatable bonds is 8. The van der Waals surface area contributed by atoms with Gasteiger partial charge in [0, 0.05) is 23.8 Å². The van der Waals surface area contributed by atoms with Crippen molar-refractivity contribution < 1.29 is 19.1 Å². The molecule has 0 bridgehead atoms. The number of hydrogen-bond acceptors (Lipinski definition) is 4. The molecule has 0 fully saturated rings. The van der Waals surface area contributed by atoms with Gasteiger partial charge in [-0.3, -0.25) is 9.69 Å². The maximum absolute atomic E-state index is 12.7. The molecule has 0 radical (unpaired) electrons. The maximum atomic E-state index is 12.7. The van der Waals surface area contributed by atoms with Crippen molar-refractivity contribution in [3.63, 3.8) is 0 Å². The summed E-state index contributed by atoms with van der Waals surface area (Å²) in [6.07, 6.45) is 0.762. The Hall–Kier alpha value is -2.54. The lowest BCUT2D eigenvalue weighted by atomic mass is 9.94. The SMILES string of the molecule is CCCN1C(=O)NC(c2ccc(NC(=O)C(C)(C)CCl)cc2)C(C(=O)OCC)=C1C. The summed E-state index contributed by atoms with van der Waals surface area (Å²) >= 11 is 5.86. The van der Waals surface area contributed by atoms with E-state index in [4.69, 9.17) is 16.3 Å². The molecule has 0 aliphatic carbocycles. The lowest BCUT2D eigenvalue weighted by molar-refractivity contribution is -0.139. The molecule has 1 heterocycles. The van der Waals surface area contributed by atoms with Crippen molar-refractivity contribution in [2.75, 3.05) is 24.3 Å². The molecule has 30 heavy (non-hydrogen) atoms. The number of esters is 1. The first-order chi connectivity index (χ1) is 14.2. The summed E-state index contributed by atoms with van der Waals surface area (Å²) in [5.74, 6) is -0.441. The third kappa shape index (κ3) is 5.14. The van der Waals surface area contributed by atoms with Gasteiger partial charge >= 0.3 is 12.0 Å². The number of carbonyl (C=O) groups is 3. The fourth-order valence-corrected chi connectivity index (χ4v) is 3.24. The highest BCUT2D eigenvalue weighted by Gasteiger charge is 2.36. The standard InChI is InChI=1S/C22H30ClN3O4/c1-6-12-26-14(3)17(19(27)30-7-2)18(25-21(26)29)15-8-10-16(11-9-15)24-20(28)22(4,5)13-23/h8-11,18H,6-7,12-13H2,1-5H3,(H,24,28)(H,25,29). The minimum atomic E-state index is -0.697. The molecule has 1 unspecified atom stereocenters. The van der Waals surface area contributed by atoms with E-state index in [1.54, 1.807) is 56.9 Å². The summed E-state index contributed by atoms with van der Waals surface area (Å²) in [5, 5.41) is 5.74. The van der Waals surface area contributed by atoms with Crippen LogP contribution in [0, 0.1) is 5.41 Å². The third-order valence-corrected chi connectivity index (χ3v) is 5.66. The van der Waals surface area contributed by atoms with Crippen LogP contribution in [0.15, 0.2) is 35.5 Å². The van der Waals surface area contributed by atoms with Crippen LogP contribution in [0.4, 0.5) is 10.5 Å². The molecular weight excluding hydrogens is 406 g/mol. The summed E-state index contributed by atoms with van der Waals surface area (Å²) in [4.78, 5) is 39.2. The summed E-state index contributed by atoms with van der Waals surface area (Å²) in [5.41, 5.74) is 1.62. The molecule has 1 aliphatic heterocycles. The predicted molar refractivity (Wildman–Crippen MR) is 117 cm³/mol. The summed E-state index contributed by atoms with van der Waals surface area (Å²) in [6, 6.07) is 6.13. The van der Waals surface area contributed by atoms with Crippen LogP contribution in [-0.4, -0.2) is 41.8 Å². The van der Waals surface area contributed by atoms with Crippen molar-refractivity contribution in [3.05, 3.63) is 41.1 Å². The Labute approximate surface area is 182 Å². The van der Waals surface area contributed by atoms with Crippen LogP contribution < -0.4 is 10.6 Å². The van der Waals surface area contributed by atoms with E-state index >= 15 is 0 Å². The van der Waals surface area contributed by atoms with Crippen molar-refractivity contribution >= 4 is 35.2 Å². The molecule has 2 rings (SSSR count). The number of nitrogens with zero attached hydrogens (tertiary/aromatic N) is 1. The third-order valence-electron chi connectivity index (χ3n) is 4.99. The zero-order valence-corrected chi connectivity index (χ0v) is 18.9. The average Bonchev–Trinajstić information content (AvgIpc) is 2.71. The number of halogens is 1.